The van der Waals surface area contributed by atoms with Crippen LogP contribution in [0.5, 0.6) is 0 Å². The molecule has 1 aliphatic heterocycles. The van der Waals surface area contributed by atoms with Crippen LogP contribution in [-0.2, 0) is 4.74 Å². The second-order valence-corrected chi connectivity index (χ2v) is 3.96. The predicted octanol–water partition coefficient (Wildman–Crippen LogP) is 2.19. The molecule has 2 heterocycles. The summed E-state index contributed by atoms with van der Waals surface area (Å²) >= 11 is 0. The van der Waals surface area contributed by atoms with E-state index in [1.165, 1.54) is 5.39 Å². The first-order valence-electron chi connectivity index (χ1n) is 5.36. The number of aromatic nitrogens is 2. The SMILES string of the molecule is [c]1ccc2cn(C3CCCOC3)nc2c1. The van der Waals surface area contributed by atoms with E-state index in [0.29, 0.717) is 6.04 Å². The molecule has 1 fully saturated rings. The molecule has 0 saturated carbocycles. The Hall–Kier alpha value is -1.35. The van der Waals surface area contributed by atoms with Crippen molar-refractivity contribution in [1.82, 2.24) is 9.78 Å². The molecule has 1 aliphatic rings. The zero-order valence-corrected chi connectivity index (χ0v) is 8.52. The summed E-state index contributed by atoms with van der Waals surface area (Å²) in [4.78, 5) is 0. The fourth-order valence-electron chi connectivity index (χ4n) is 2.04. The Morgan fingerprint density at radius 3 is 3.33 bits per heavy atom. The summed E-state index contributed by atoms with van der Waals surface area (Å²) in [6, 6.07) is 9.35. The second kappa shape index (κ2) is 3.66. The van der Waals surface area contributed by atoms with Crippen LogP contribution in [0.15, 0.2) is 24.4 Å². The van der Waals surface area contributed by atoms with E-state index in [1.54, 1.807) is 0 Å². The molecule has 0 bridgehead atoms. The van der Waals surface area contributed by atoms with Crippen molar-refractivity contribution in [2.45, 2.75) is 18.9 Å². The first kappa shape index (κ1) is 8.92. The molecular formula is C12H13N2O. The summed E-state index contributed by atoms with van der Waals surface area (Å²) < 4.78 is 7.50. The van der Waals surface area contributed by atoms with Crippen LogP contribution >= 0.6 is 0 Å². The van der Waals surface area contributed by atoms with E-state index >= 15 is 0 Å². The van der Waals surface area contributed by atoms with E-state index < -0.39 is 0 Å². The molecular weight excluding hydrogens is 188 g/mol. The van der Waals surface area contributed by atoms with Gasteiger partial charge in [-0.2, -0.15) is 5.10 Å². The summed E-state index contributed by atoms with van der Waals surface area (Å²) in [5, 5.41) is 5.72. The van der Waals surface area contributed by atoms with Crippen molar-refractivity contribution in [3.8, 4) is 0 Å². The summed E-state index contributed by atoms with van der Waals surface area (Å²) in [7, 11) is 0. The van der Waals surface area contributed by atoms with Gasteiger partial charge in [-0.1, -0.05) is 12.1 Å². The molecule has 15 heavy (non-hydrogen) atoms. The van der Waals surface area contributed by atoms with Crippen LogP contribution in [0.3, 0.4) is 0 Å². The highest BCUT2D eigenvalue weighted by atomic mass is 16.5. The molecule has 3 nitrogen and oxygen atoms in total. The van der Waals surface area contributed by atoms with Crippen molar-refractivity contribution >= 4 is 10.9 Å². The molecule has 1 unspecified atom stereocenters. The number of rotatable bonds is 1. The minimum atomic E-state index is 0.408. The lowest BCUT2D eigenvalue weighted by Gasteiger charge is -2.22. The van der Waals surface area contributed by atoms with Gasteiger partial charge in [-0.05, 0) is 25.0 Å². The lowest BCUT2D eigenvalue weighted by Crippen LogP contribution is -2.21. The number of benzene rings is 1. The summed E-state index contributed by atoms with van der Waals surface area (Å²) in [6.07, 6.45) is 4.40. The Morgan fingerprint density at radius 2 is 2.53 bits per heavy atom. The predicted molar refractivity (Wildman–Crippen MR) is 57.7 cm³/mol. The highest BCUT2D eigenvalue weighted by Crippen LogP contribution is 2.21. The van der Waals surface area contributed by atoms with Crippen LogP contribution < -0.4 is 0 Å². The van der Waals surface area contributed by atoms with Crippen molar-refractivity contribution in [2.24, 2.45) is 0 Å². The molecule has 0 amide bonds. The summed E-state index contributed by atoms with van der Waals surface area (Å²) in [6.45, 7) is 1.68. The second-order valence-electron chi connectivity index (χ2n) is 3.96. The van der Waals surface area contributed by atoms with Crippen molar-refractivity contribution in [3.63, 3.8) is 0 Å². The molecule has 1 aromatic heterocycles. The number of hydrogen-bond donors (Lipinski definition) is 0. The lowest BCUT2D eigenvalue weighted by molar-refractivity contribution is 0.0552. The van der Waals surface area contributed by atoms with Crippen LogP contribution in [0, 0.1) is 6.07 Å². The molecule has 1 aromatic carbocycles. The van der Waals surface area contributed by atoms with Gasteiger partial charge in [-0.15, -0.1) is 0 Å². The van der Waals surface area contributed by atoms with E-state index in [-0.39, 0.29) is 0 Å². The maximum atomic E-state index is 5.46. The minimum Gasteiger partial charge on any atom is -0.379 e. The maximum Gasteiger partial charge on any atom is 0.0929 e. The van der Waals surface area contributed by atoms with Gasteiger partial charge in [-0.3, -0.25) is 4.68 Å². The molecule has 1 atom stereocenters. The van der Waals surface area contributed by atoms with Crippen molar-refractivity contribution in [1.29, 1.82) is 0 Å². The topological polar surface area (TPSA) is 27.1 Å². The first-order valence-corrected chi connectivity index (χ1v) is 5.36. The van der Waals surface area contributed by atoms with Gasteiger partial charge in [0.1, 0.15) is 0 Å². The molecule has 2 aromatic rings. The highest BCUT2D eigenvalue weighted by molar-refractivity contribution is 5.77. The van der Waals surface area contributed by atoms with Crippen molar-refractivity contribution in [3.05, 3.63) is 30.5 Å². The summed E-state index contributed by atoms with van der Waals surface area (Å²) in [5.41, 5.74) is 1.02. The average Bonchev–Trinajstić information content (AvgIpc) is 2.74. The smallest absolute Gasteiger partial charge is 0.0929 e. The average molecular weight is 201 g/mol. The van der Waals surface area contributed by atoms with Gasteiger partial charge in [0.15, 0.2) is 0 Å². The minimum absolute atomic E-state index is 0.408. The normalized spacial score (nSPS) is 22.0. The summed E-state index contributed by atoms with van der Waals surface area (Å²) in [5.74, 6) is 0. The van der Waals surface area contributed by atoms with Crippen LogP contribution in [0.2, 0.25) is 0 Å². The Bertz CT molecular complexity index is 424. The van der Waals surface area contributed by atoms with Crippen LogP contribution in [0.25, 0.3) is 10.9 Å². The fourth-order valence-corrected chi connectivity index (χ4v) is 2.04. The van der Waals surface area contributed by atoms with Gasteiger partial charge < -0.3 is 4.74 Å². The third-order valence-electron chi connectivity index (χ3n) is 2.88. The zero-order chi connectivity index (χ0) is 10.1. The molecule has 1 radical (unpaired) electrons. The molecule has 1 saturated heterocycles. The molecule has 77 valence electrons. The van der Waals surface area contributed by atoms with E-state index in [9.17, 15) is 0 Å². The molecule has 3 rings (SSSR count). The Balaban J connectivity index is 1.96. The van der Waals surface area contributed by atoms with E-state index in [1.807, 2.05) is 22.9 Å². The number of ether oxygens (including phenoxy) is 1. The zero-order valence-electron chi connectivity index (χ0n) is 8.52. The van der Waals surface area contributed by atoms with Gasteiger partial charge in [0, 0.05) is 18.2 Å². The lowest BCUT2D eigenvalue weighted by atomic mass is 10.1. The van der Waals surface area contributed by atoms with Gasteiger partial charge >= 0.3 is 0 Å². The van der Waals surface area contributed by atoms with Crippen LogP contribution in [-0.4, -0.2) is 23.0 Å². The molecule has 3 heteroatoms. The van der Waals surface area contributed by atoms with Gasteiger partial charge in [0.2, 0.25) is 0 Å². The first-order chi connectivity index (χ1) is 7.43. The Labute approximate surface area is 88.7 Å². The molecule has 0 N–H and O–H groups in total. The number of nitrogens with zero attached hydrogens (tertiary/aromatic N) is 2. The van der Waals surface area contributed by atoms with Gasteiger partial charge in [0.05, 0.1) is 18.2 Å². The Morgan fingerprint density at radius 1 is 1.53 bits per heavy atom. The maximum absolute atomic E-state index is 5.46. The van der Waals surface area contributed by atoms with Gasteiger partial charge in [0.25, 0.3) is 0 Å². The monoisotopic (exact) mass is 201 g/mol. The van der Waals surface area contributed by atoms with E-state index in [2.05, 4.69) is 17.4 Å². The number of fused-ring (bicyclic) bond motifs is 1. The highest BCUT2D eigenvalue weighted by Gasteiger charge is 2.16. The van der Waals surface area contributed by atoms with Gasteiger partial charge in [-0.25, -0.2) is 0 Å². The van der Waals surface area contributed by atoms with Crippen LogP contribution in [0.1, 0.15) is 18.9 Å². The fraction of sp³-hybridized carbons (Fsp3) is 0.417. The Kier molecular flexibility index (Phi) is 2.18. The van der Waals surface area contributed by atoms with Crippen molar-refractivity contribution in [2.75, 3.05) is 13.2 Å². The van der Waals surface area contributed by atoms with Crippen LogP contribution in [0.4, 0.5) is 0 Å². The van der Waals surface area contributed by atoms with E-state index in [0.717, 1.165) is 31.6 Å². The third kappa shape index (κ3) is 1.63. The molecule has 0 spiro atoms. The third-order valence-corrected chi connectivity index (χ3v) is 2.88. The van der Waals surface area contributed by atoms with Crippen molar-refractivity contribution < 1.29 is 4.74 Å². The largest absolute Gasteiger partial charge is 0.379 e. The standard InChI is InChI=1S/C12H13N2O/c1-2-6-12-10(4-1)8-14(13-12)11-5-3-7-15-9-11/h1,4,6,8,11H,3,5,7,9H2. The van der Waals surface area contributed by atoms with E-state index in [4.69, 9.17) is 4.74 Å². The number of hydrogen-bond acceptors (Lipinski definition) is 2. The quantitative estimate of drug-likeness (QED) is 0.707. The molecule has 0 aliphatic carbocycles.